The molecule has 2 aliphatic rings. The fraction of sp³-hybridized carbons (Fsp3) is 0.667. The van der Waals surface area contributed by atoms with Gasteiger partial charge in [-0.05, 0) is 31.1 Å². The third-order valence-corrected chi connectivity index (χ3v) is 4.29. The lowest BCUT2D eigenvalue weighted by Crippen LogP contribution is -2.25. The van der Waals surface area contributed by atoms with Crippen molar-refractivity contribution in [3.8, 4) is 11.6 Å². The first-order valence-electron chi connectivity index (χ1n) is 6.74. The Bertz CT molecular complexity index is 591. The van der Waals surface area contributed by atoms with Crippen LogP contribution in [0.2, 0.25) is 0 Å². The molecule has 4 rings (SSSR count). The van der Waals surface area contributed by atoms with Crippen LogP contribution in [0.4, 0.5) is 6.01 Å². The van der Waals surface area contributed by atoms with Gasteiger partial charge >= 0.3 is 6.01 Å². The number of aryl methyl sites for hydroxylation is 1. The molecule has 2 aromatic rings. The number of rotatable bonds is 3. The zero-order valence-electron chi connectivity index (χ0n) is 10.8. The summed E-state index contributed by atoms with van der Waals surface area (Å²) in [5, 5.41) is 19.2. The lowest BCUT2D eigenvalue weighted by atomic mass is 9.96. The summed E-state index contributed by atoms with van der Waals surface area (Å²) >= 11 is 0. The third-order valence-electron chi connectivity index (χ3n) is 4.29. The van der Waals surface area contributed by atoms with Crippen LogP contribution >= 0.6 is 0 Å². The molecule has 0 aliphatic heterocycles. The van der Waals surface area contributed by atoms with Crippen molar-refractivity contribution in [3.63, 3.8) is 0 Å². The lowest BCUT2D eigenvalue weighted by Gasteiger charge is -2.21. The topological polar surface area (TPSA) is 81.7 Å². The van der Waals surface area contributed by atoms with Crippen molar-refractivity contribution in [3.05, 3.63) is 6.20 Å². The Morgan fingerprint density at radius 1 is 1.26 bits per heavy atom. The van der Waals surface area contributed by atoms with Crippen LogP contribution in [0.3, 0.4) is 0 Å². The van der Waals surface area contributed by atoms with Gasteiger partial charge in [0.05, 0.1) is 6.20 Å². The van der Waals surface area contributed by atoms with E-state index in [1.165, 1.54) is 25.7 Å². The molecule has 2 fully saturated rings. The highest BCUT2D eigenvalue weighted by molar-refractivity contribution is 5.44. The first-order valence-corrected chi connectivity index (χ1v) is 6.74. The van der Waals surface area contributed by atoms with Gasteiger partial charge in [-0.15, -0.1) is 10.2 Å². The zero-order valence-corrected chi connectivity index (χ0v) is 10.8. The monoisotopic (exact) mass is 260 g/mol. The predicted octanol–water partition coefficient (Wildman–Crippen LogP) is 1.47. The van der Waals surface area contributed by atoms with Crippen molar-refractivity contribution >= 4 is 6.01 Å². The van der Waals surface area contributed by atoms with Crippen molar-refractivity contribution in [2.45, 2.75) is 31.7 Å². The van der Waals surface area contributed by atoms with E-state index in [0.717, 1.165) is 11.8 Å². The van der Waals surface area contributed by atoms with Crippen LogP contribution in [0, 0.1) is 11.8 Å². The van der Waals surface area contributed by atoms with Gasteiger partial charge in [-0.1, -0.05) is 16.7 Å². The van der Waals surface area contributed by atoms with E-state index >= 15 is 0 Å². The van der Waals surface area contributed by atoms with Crippen LogP contribution in [0.1, 0.15) is 25.7 Å². The molecule has 2 heterocycles. The van der Waals surface area contributed by atoms with E-state index in [2.05, 4.69) is 25.8 Å². The van der Waals surface area contributed by atoms with Crippen molar-refractivity contribution < 1.29 is 4.42 Å². The van der Waals surface area contributed by atoms with E-state index < -0.39 is 0 Å². The van der Waals surface area contributed by atoms with Gasteiger partial charge in [0.15, 0.2) is 5.69 Å². The molecule has 0 amide bonds. The SMILES string of the molecule is Cn1cc(-c2nnc(NC3CC4CCC3C4)o2)nn1. The Kier molecular flexibility index (Phi) is 2.33. The summed E-state index contributed by atoms with van der Waals surface area (Å²) in [6, 6.07) is 0.993. The van der Waals surface area contributed by atoms with Crippen molar-refractivity contribution in [2.75, 3.05) is 5.32 Å². The number of anilines is 1. The van der Waals surface area contributed by atoms with Crippen molar-refractivity contribution in [2.24, 2.45) is 18.9 Å². The van der Waals surface area contributed by atoms with Gasteiger partial charge in [0.25, 0.3) is 5.89 Å². The van der Waals surface area contributed by atoms with Crippen LogP contribution in [-0.2, 0) is 7.05 Å². The number of fused-ring (bicyclic) bond motifs is 2. The third kappa shape index (κ3) is 1.89. The van der Waals surface area contributed by atoms with Crippen LogP contribution in [0.5, 0.6) is 0 Å². The molecular weight excluding hydrogens is 244 g/mol. The molecule has 19 heavy (non-hydrogen) atoms. The molecule has 7 heteroatoms. The quantitative estimate of drug-likeness (QED) is 0.899. The lowest BCUT2D eigenvalue weighted by molar-refractivity contribution is 0.428. The van der Waals surface area contributed by atoms with Gasteiger partial charge in [-0.2, -0.15) is 0 Å². The number of nitrogens with one attached hydrogen (secondary N) is 1. The van der Waals surface area contributed by atoms with Crippen molar-refractivity contribution in [1.82, 2.24) is 25.2 Å². The molecule has 0 saturated heterocycles. The number of nitrogens with zero attached hydrogens (tertiary/aromatic N) is 5. The first-order chi connectivity index (χ1) is 9.28. The Hall–Kier alpha value is -1.92. The van der Waals surface area contributed by atoms with Crippen LogP contribution < -0.4 is 5.32 Å². The normalized spacial score (nSPS) is 29.0. The van der Waals surface area contributed by atoms with E-state index in [1.807, 2.05) is 0 Å². The number of aromatic nitrogens is 5. The second-order valence-electron chi connectivity index (χ2n) is 5.62. The van der Waals surface area contributed by atoms with E-state index in [9.17, 15) is 0 Å². The van der Waals surface area contributed by atoms with E-state index in [4.69, 9.17) is 4.42 Å². The minimum atomic E-state index is 0.416. The van der Waals surface area contributed by atoms with Crippen molar-refractivity contribution in [1.29, 1.82) is 0 Å². The molecule has 100 valence electrons. The maximum atomic E-state index is 5.60. The largest absolute Gasteiger partial charge is 0.402 e. The molecule has 2 saturated carbocycles. The average molecular weight is 260 g/mol. The van der Waals surface area contributed by atoms with Crippen LogP contribution in [0.15, 0.2) is 10.6 Å². The summed E-state index contributed by atoms with van der Waals surface area (Å²) < 4.78 is 7.22. The highest BCUT2D eigenvalue weighted by Gasteiger charge is 2.40. The Morgan fingerprint density at radius 2 is 2.21 bits per heavy atom. The summed E-state index contributed by atoms with van der Waals surface area (Å²) in [5.41, 5.74) is 0.607. The molecule has 3 unspecified atom stereocenters. The van der Waals surface area contributed by atoms with E-state index in [0.29, 0.717) is 23.6 Å². The average Bonchev–Trinajstić information content (AvgIpc) is 3.11. The molecular formula is C12H16N6O. The number of hydrogen-bond acceptors (Lipinski definition) is 6. The van der Waals surface area contributed by atoms with E-state index in [-0.39, 0.29) is 0 Å². The molecule has 2 aliphatic carbocycles. The predicted molar refractivity (Wildman–Crippen MR) is 67.2 cm³/mol. The van der Waals surface area contributed by atoms with Gasteiger partial charge in [-0.25, -0.2) is 0 Å². The van der Waals surface area contributed by atoms with Gasteiger partial charge in [0.2, 0.25) is 0 Å². The molecule has 3 atom stereocenters. The highest BCUT2D eigenvalue weighted by Crippen LogP contribution is 2.45. The zero-order chi connectivity index (χ0) is 12.8. The minimum Gasteiger partial charge on any atom is -0.402 e. The maximum Gasteiger partial charge on any atom is 0.316 e. The smallest absolute Gasteiger partial charge is 0.316 e. The maximum absolute atomic E-state index is 5.60. The molecule has 0 aromatic carbocycles. The summed E-state index contributed by atoms with van der Waals surface area (Å²) in [5.74, 6) is 2.08. The summed E-state index contributed by atoms with van der Waals surface area (Å²) in [6.45, 7) is 0. The molecule has 7 nitrogen and oxygen atoms in total. The molecule has 2 bridgehead atoms. The Morgan fingerprint density at radius 3 is 2.89 bits per heavy atom. The molecule has 0 radical (unpaired) electrons. The van der Waals surface area contributed by atoms with Crippen LogP contribution in [0.25, 0.3) is 11.6 Å². The summed E-state index contributed by atoms with van der Waals surface area (Å²) in [4.78, 5) is 0. The van der Waals surface area contributed by atoms with Gasteiger partial charge in [0.1, 0.15) is 0 Å². The molecule has 1 N–H and O–H groups in total. The van der Waals surface area contributed by atoms with Gasteiger partial charge in [-0.3, -0.25) is 4.68 Å². The summed E-state index contributed by atoms with van der Waals surface area (Å²) in [6.07, 6.45) is 7.05. The second-order valence-corrected chi connectivity index (χ2v) is 5.62. The van der Waals surface area contributed by atoms with Gasteiger partial charge < -0.3 is 9.73 Å². The standard InChI is InChI=1S/C12H16N6O/c1-18-6-10(14-17-18)11-15-16-12(19-11)13-9-5-7-2-3-8(9)4-7/h6-9H,2-5H2,1H3,(H,13,16). The fourth-order valence-electron chi connectivity index (χ4n) is 3.41. The first kappa shape index (κ1) is 11.0. The summed E-state index contributed by atoms with van der Waals surface area (Å²) in [7, 11) is 1.81. The van der Waals surface area contributed by atoms with E-state index in [1.54, 1.807) is 17.9 Å². The second kappa shape index (κ2) is 4.04. The Balaban J connectivity index is 1.49. The molecule has 2 aromatic heterocycles. The number of hydrogen-bond donors (Lipinski definition) is 1. The minimum absolute atomic E-state index is 0.416. The fourth-order valence-corrected chi connectivity index (χ4v) is 3.41. The molecule has 0 spiro atoms. The Labute approximate surface area is 110 Å². The highest BCUT2D eigenvalue weighted by atomic mass is 16.4. The van der Waals surface area contributed by atoms with Gasteiger partial charge in [0, 0.05) is 13.1 Å². The van der Waals surface area contributed by atoms with Crippen LogP contribution in [-0.4, -0.2) is 31.2 Å².